The Kier molecular flexibility index (Phi) is 5.82. The first-order valence-corrected chi connectivity index (χ1v) is 7.71. The van der Waals surface area contributed by atoms with Crippen LogP contribution < -0.4 is 10.1 Å². The summed E-state index contributed by atoms with van der Waals surface area (Å²) in [6.45, 7) is 8.25. The van der Waals surface area contributed by atoms with Crippen molar-refractivity contribution < 1.29 is 4.74 Å². The minimum Gasteiger partial charge on any atom is -0.484 e. The highest BCUT2D eigenvalue weighted by atomic mass is 16.5. The molecule has 1 atom stereocenters. The largest absolute Gasteiger partial charge is 0.484 e. The molecule has 21 heavy (non-hydrogen) atoms. The van der Waals surface area contributed by atoms with Gasteiger partial charge in [-0.3, -0.25) is 0 Å². The molecule has 0 aromatic heterocycles. The maximum Gasteiger partial charge on any atom is 0.136 e. The minimum atomic E-state index is 0.0400. The van der Waals surface area contributed by atoms with Crippen LogP contribution in [0.4, 0.5) is 0 Å². The molecule has 2 aromatic carbocycles. The van der Waals surface area contributed by atoms with Crippen LogP contribution in [0, 0.1) is 13.8 Å². The van der Waals surface area contributed by atoms with Gasteiger partial charge in [0.05, 0.1) is 0 Å². The van der Waals surface area contributed by atoms with Crippen molar-refractivity contribution in [2.75, 3.05) is 13.1 Å². The fourth-order valence-electron chi connectivity index (χ4n) is 2.31. The van der Waals surface area contributed by atoms with Crippen LogP contribution in [-0.2, 0) is 0 Å². The van der Waals surface area contributed by atoms with Crippen LogP contribution in [0.5, 0.6) is 5.75 Å². The first-order chi connectivity index (χ1) is 10.2. The summed E-state index contributed by atoms with van der Waals surface area (Å²) in [5.74, 6) is 0.974. The van der Waals surface area contributed by atoms with E-state index in [2.05, 4.69) is 68.6 Å². The van der Waals surface area contributed by atoms with Gasteiger partial charge in [0, 0.05) is 6.54 Å². The number of aryl methyl sites for hydroxylation is 1. The maximum absolute atomic E-state index is 6.30. The molecule has 1 N–H and O–H groups in total. The molecule has 0 spiro atoms. The summed E-state index contributed by atoms with van der Waals surface area (Å²) in [5.41, 5.74) is 3.69. The Morgan fingerprint density at radius 2 is 1.76 bits per heavy atom. The zero-order valence-corrected chi connectivity index (χ0v) is 13.2. The average Bonchev–Trinajstić information content (AvgIpc) is 2.51. The fourth-order valence-corrected chi connectivity index (χ4v) is 2.31. The molecule has 0 heterocycles. The van der Waals surface area contributed by atoms with Crippen molar-refractivity contribution >= 4 is 0 Å². The van der Waals surface area contributed by atoms with Crippen LogP contribution in [0.25, 0.3) is 0 Å². The van der Waals surface area contributed by atoms with Crippen molar-refractivity contribution in [1.29, 1.82) is 0 Å². The predicted octanol–water partition coefficient (Wildman–Crippen LogP) is 4.42. The highest BCUT2D eigenvalue weighted by molar-refractivity contribution is 5.38. The zero-order chi connectivity index (χ0) is 15.1. The van der Waals surface area contributed by atoms with E-state index in [9.17, 15) is 0 Å². The lowest BCUT2D eigenvalue weighted by Gasteiger charge is -2.22. The van der Waals surface area contributed by atoms with Crippen molar-refractivity contribution in [1.82, 2.24) is 5.32 Å². The molecule has 0 saturated heterocycles. The van der Waals surface area contributed by atoms with Crippen LogP contribution in [-0.4, -0.2) is 13.1 Å². The summed E-state index contributed by atoms with van der Waals surface area (Å²) >= 11 is 0. The summed E-state index contributed by atoms with van der Waals surface area (Å²) in [6, 6.07) is 16.7. The Labute approximate surface area is 128 Å². The zero-order valence-electron chi connectivity index (χ0n) is 13.2. The number of nitrogens with one attached hydrogen (secondary N) is 1. The smallest absolute Gasteiger partial charge is 0.136 e. The molecule has 2 heteroatoms. The standard InChI is InChI=1S/C19H25NO/c1-4-13-20-14-19(17-10-6-5-7-11-17)21-18-12-8-9-15(2)16(18)3/h5-12,19-20H,4,13-14H2,1-3H3. The van der Waals surface area contributed by atoms with Gasteiger partial charge in [0.15, 0.2) is 0 Å². The molecule has 0 radical (unpaired) electrons. The monoisotopic (exact) mass is 283 g/mol. The summed E-state index contributed by atoms with van der Waals surface area (Å²) < 4.78 is 6.30. The Hall–Kier alpha value is -1.80. The van der Waals surface area contributed by atoms with Crippen LogP contribution in [0.2, 0.25) is 0 Å². The molecule has 0 amide bonds. The highest BCUT2D eigenvalue weighted by Crippen LogP contribution is 2.26. The van der Waals surface area contributed by atoms with Crippen molar-refractivity contribution in [2.45, 2.75) is 33.3 Å². The second-order valence-corrected chi connectivity index (χ2v) is 5.42. The van der Waals surface area contributed by atoms with Crippen LogP contribution in [0.1, 0.15) is 36.1 Å². The second kappa shape index (κ2) is 7.84. The molecular formula is C19H25NO. The van der Waals surface area contributed by atoms with Gasteiger partial charge in [0.1, 0.15) is 11.9 Å². The molecule has 1 unspecified atom stereocenters. The summed E-state index contributed by atoms with van der Waals surface area (Å²) in [6.07, 6.45) is 1.17. The molecule has 112 valence electrons. The Morgan fingerprint density at radius 1 is 1.00 bits per heavy atom. The van der Waals surface area contributed by atoms with Gasteiger partial charge in [-0.25, -0.2) is 0 Å². The van der Waals surface area contributed by atoms with Crippen molar-refractivity contribution in [2.24, 2.45) is 0 Å². The predicted molar refractivity (Wildman–Crippen MR) is 88.9 cm³/mol. The van der Waals surface area contributed by atoms with Gasteiger partial charge < -0.3 is 10.1 Å². The van der Waals surface area contributed by atoms with E-state index in [1.165, 1.54) is 16.7 Å². The van der Waals surface area contributed by atoms with Gasteiger partial charge in [0.25, 0.3) is 0 Å². The van der Waals surface area contributed by atoms with Crippen molar-refractivity contribution in [3.8, 4) is 5.75 Å². The van der Waals surface area contributed by atoms with E-state index >= 15 is 0 Å². The average molecular weight is 283 g/mol. The van der Waals surface area contributed by atoms with Crippen LogP contribution in [0.15, 0.2) is 48.5 Å². The van der Waals surface area contributed by atoms with E-state index < -0.39 is 0 Å². The molecule has 0 saturated carbocycles. The van der Waals surface area contributed by atoms with Gasteiger partial charge >= 0.3 is 0 Å². The normalized spacial score (nSPS) is 12.1. The number of rotatable bonds is 7. The van der Waals surface area contributed by atoms with Crippen LogP contribution >= 0.6 is 0 Å². The third-order valence-electron chi connectivity index (χ3n) is 3.75. The Bertz CT molecular complexity index is 551. The molecule has 2 nitrogen and oxygen atoms in total. The third-order valence-corrected chi connectivity index (χ3v) is 3.75. The van der Waals surface area contributed by atoms with Crippen molar-refractivity contribution in [3.05, 3.63) is 65.2 Å². The number of ether oxygens (including phenoxy) is 1. The van der Waals surface area contributed by atoms with Gasteiger partial charge in [-0.15, -0.1) is 0 Å². The summed E-state index contributed by atoms with van der Waals surface area (Å²) in [5, 5.41) is 3.46. The number of hydrogen-bond acceptors (Lipinski definition) is 2. The Balaban J connectivity index is 2.17. The molecule has 0 bridgehead atoms. The van der Waals surface area contributed by atoms with Gasteiger partial charge in [-0.1, -0.05) is 49.4 Å². The van der Waals surface area contributed by atoms with E-state index in [4.69, 9.17) is 4.74 Å². The highest BCUT2D eigenvalue weighted by Gasteiger charge is 2.14. The lowest BCUT2D eigenvalue weighted by molar-refractivity contribution is 0.200. The fraction of sp³-hybridized carbons (Fsp3) is 0.368. The first-order valence-electron chi connectivity index (χ1n) is 7.71. The van der Waals surface area contributed by atoms with Gasteiger partial charge in [-0.2, -0.15) is 0 Å². The summed E-state index contributed by atoms with van der Waals surface area (Å²) in [4.78, 5) is 0. The lowest BCUT2D eigenvalue weighted by atomic mass is 10.1. The number of benzene rings is 2. The van der Waals surface area contributed by atoms with Gasteiger partial charge in [0.2, 0.25) is 0 Å². The molecular weight excluding hydrogens is 258 g/mol. The van der Waals surface area contributed by atoms with E-state index in [1.807, 2.05) is 6.07 Å². The molecule has 0 aliphatic heterocycles. The lowest BCUT2D eigenvalue weighted by Crippen LogP contribution is -2.26. The first kappa shape index (κ1) is 15.6. The molecule has 0 fully saturated rings. The molecule has 0 aliphatic carbocycles. The SMILES string of the molecule is CCCNCC(Oc1cccc(C)c1C)c1ccccc1. The quantitative estimate of drug-likeness (QED) is 0.759. The second-order valence-electron chi connectivity index (χ2n) is 5.42. The topological polar surface area (TPSA) is 21.3 Å². The molecule has 2 aromatic rings. The third kappa shape index (κ3) is 4.33. The molecule has 2 rings (SSSR count). The van der Waals surface area contributed by atoms with Crippen LogP contribution in [0.3, 0.4) is 0 Å². The molecule has 0 aliphatic rings. The Morgan fingerprint density at radius 3 is 2.48 bits per heavy atom. The van der Waals surface area contributed by atoms with E-state index in [-0.39, 0.29) is 6.10 Å². The minimum absolute atomic E-state index is 0.0400. The van der Waals surface area contributed by atoms with E-state index in [0.29, 0.717) is 0 Å². The number of hydrogen-bond donors (Lipinski definition) is 1. The van der Waals surface area contributed by atoms with E-state index in [0.717, 1.165) is 25.3 Å². The van der Waals surface area contributed by atoms with E-state index in [1.54, 1.807) is 0 Å². The summed E-state index contributed by atoms with van der Waals surface area (Å²) in [7, 11) is 0. The van der Waals surface area contributed by atoms with Crippen molar-refractivity contribution in [3.63, 3.8) is 0 Å². The maximum atomic E-state index is 6.30. The van der Waals surface area contributed by atoms with Gasteiger partial charge in [-0.05, 0) is 49.6 Å².